The summed E-state index contributed by atoms with van der Waals surface area (Å²) in [7, 11) is 0. The Morgan fingerprint density at radius 3 is 2.42 bits per heavy atom. The van der Waals surface area contributed by atoms with Gasteiger partial charge in [-0.15, -0.1) is 0 Å². The Balaban J connectivity index is 2.04. The summed E-state index contributed by atoms with van der Waals surface area (Å²) in [5.41, 5.74) is 0.680. The molecule has 1 aromatic rings. The Bertz CT molecular complexity index is 473. The van der Waals surface area contributed by atoms with Crippen LogP contribution in [0.25, 0.3) is 0 Å². The molecular formula is C13H19N3O3. The molecular weight excluding hydrogens is 246 g/mol. The molecule has 19 heavy (non-hydrogen) atoms. The molecule has 0 bridgehead atoms. The predicted molar refractivity (Wildman–Crippen MR) is 69.0 cm³/mol. The molecule has 0 atom stereocenters. The Morgan fingerprint density at radius 1 is 1.26 bits per heavy atom. The lowest BCUT2D eigenvalue weighted by Crippen LogP contribution is -2.35. The van der Waals surface area contributed by atoms with Crippen LogP contribution in [0.4, 0.5) is 0 Å². The van der Waals surface area contributed by atoms with Gasteiger partial charge in [0.2, 0.25) is 5.91 Å². The average Bonchev–Trinajstić information content (AvgIpc) is 2.60. The summed E-state index contributed by atoms with van der Waals surface area (Å²) in [6.45, 7) is 3.39. The molecule has 1 N–H and O–H groups in total. The number of carbonyl (C=O) groups excluding carboxylic acids is 1. The Kier molecular flexibility index (Phi) is 4.19. The number of aromatic carboxylic acids is 1. The summed E-state index contributed by atoms with van der Waals surface area (Å²) in [6, 6.07) is 0. The molecule has 0 saturated carbocycles. The monoisotopic (exact) mass is 265 g/mol. The lowest BCUT2D eigenvalue weighted by Gasteiger charge is -2.20. The number of carbonyl (C=O) groups is 2. The molecule has 1 amide bonds. The average molecular weight is 265 g/mol. The first-order valence-corrected chi connectivity index (χ1v) is 6.63. The van der Waals surface area contributed by atoms with Crippen LogP contribution in [0.2, 0.25) is 0 Å². The number of aromatic nitrogens is 2. The number of hydrogen-bond donors (Lipinski definition) is 1. The largest absolute Gasteiger partial charge is 0.478 e. The van der Waals surface area contributed by atoms with Crippen molar-refractivity contribution in [2.75, 3.05) is 13.1 Å². The highest BCUT2D eigenvalue weighted by Crippen LogP contribution is 2.12. The number of likely N-dealkylation sites (tertiary alicyclic amines) is 1. The number of amides is 1. The zero-order chi connectivity index (χ0) is 13.8. The molecule has 0 spiro atoms. The minimum atomic E-state index is -1.01. The van der Waals surface area contributed by atoms with Crippen LogP contribution in [0.3, 0.4) is 0 Å². The van der Waals surface area contributed by atoms with Gasteiger partial charge in [-0.1, -0.05) is 12.8 Å². The van der Waals surface area contributed by atoms with Gasteiger partial charge in [-0.05, 0) is 19.8 Å². The molecule has 0 aliphatic carbocycles. The third kappa shape index (κ3) is 3.13. The predicted octanol–water partition coefficient (Wildman–Crippen LogP) is 1.29. The zero-order valence-corrected chi connectivity index (χ0v) is 11.1. The summed E-state index contributed by atoms with van der Waals surface area (Å²) >= 11 is 0. The lowest BCUT2D eigenvalue weighted by atomic mass is 10.2. The second kappa shape index (κ2) is 5.86. The molecule has 2 heterocycles. The quantitative estimate of drug-likeness (QED) is 0.893. The SMILES string of the molecule is Cc1c(C(=O)O)cnn1CC(=O)N1CCCCCC1. The van der Waals surface area contributed by atoms with E-state index < -0.39 is 5.97 Å². The fourth-order valence-corrected chi connectivity index (χ4v) is 2.36. The highest BCUT2D eigenvalue weighted by atomic mass is 16.4. The summed E-state index contributed by atoms with van der Waals surface area (Å²) in [4.78, 5) is 24.9. The molecule has 1 aromatic heterocycles. The van der Waals surface area contributed by atoms with Crippen molar-refractivity contribution in [3.63, 3.8) is 0 Å². The lowest BCUT2D eigenvalue weighted by molar-refractivity contribution is -0.132. The van der Waals surface area contributed by atoms with E-state index in [0.717, 1.165) is 25.9 Å². The highest BCUT2D eigenvalue weighted by Gasteiger charge is 2.19. The minimum Gasteiger partial charge on any atom is -0.478 e. The van der Waals surface area contributed by atoms with Crippen LogP contribution in [0.15, 0.2) is 6.20 Å². The molecule has 6 heteroatoms. The maximum atomic E-state index is 12.2. The van der Waals surface area contributed by atoms with Crippen molar-refractivity contribution in [2.24, 2.45) is 0 Å². The highest BCUT2D eigenvalue weighted by molar-refractivity contribution is 5.88. The molecule has 104 valence electrons. The van der Waals surface area contributed by atoms with Gasteiger partial charge in [0.05, 0.1) is 11.9 Å². The van der Waals surface area contributed by atoms with Crippen molar-refractivity contribution in [3.05, 3.63) is 17.5 Å². The van der Waals surface area contributed by atoms with E-state index in [-0.39, 0.29) is 18.0 Å². The van der Waals surface area contributed by atoms with Crippen LogP contribution in [-0.4, -0.2) is 44.8 Å². The molecule has 0 aromatic carbocycles. The van der Waals surface area contributed by atoms with Gasteiger partial charge in [0.1, 0.15) is 12.1 Å². The summed E-state index contributed by atoms with van der Waals surface area (Å²) < 4.78 is 1.47. The molecule has 1 aliphatic rings. The van der Waals surface area contributed by atoms with Crippen molar-refractivity contribution in [1.82, 2.24) is 14.7 Å². The first-order valence-electron chi connectivity index (χ1n) is 6.63. The smallest absolute Gasteiger partial charge is 0.339 e. The van der Waals surface area contributed by atoms with Gasteiger partial charge in [-0.25, -0.2) is 4.79 Å². The van der Waals surface area contributed by atoms with E-state index in [1.807, 2.05) is 4.90 Å². The third-order valence-electron chi connectivity index (χ3n) is 3.58. The summed E-state index contributed by atoms with van der Waals surface area (Å²) in [5.74, 6) is -0.990. The molecule has 0 unspecified atom stereocenters. The first-order chi connectivity index (χ1) is 9.09. The van der Waals surface area contributed by atoms with Crippen LogP contribution in [0.5, 0.6) is 0 Å². The van der Waals surface area contributed by atoms with E-state index in [1.165, 1.54) is 23.7 Å². The standard InChI is InChI=1S/C13H19N3O3/c1-10-11(13(18)19)8-14-16(10)9-12(17)15-6-4-2-3-5-7-15/h8H,2-7,9H2,1H3,(H,18,19). The van der Waals surface area contributed by atoms with Crippen molar-refractivity contribution in [2.45, 2.75) is 39.2 Å². The van der Waals surface area contributed by atoms with Gasteiger partial charge >= 0.3 is 5.97 Å². The van der Waals surface area contributed by atoms with Crippen LogP contribution >= 0.6 is 0 Å². The first kappa shape index (κ1) is 13.6. The van der Waals surface area contributed by atoms with Crippen molar-refractivity contribution in [3.8, 4) is 0 Å². The fourth-order valence-electron chi connectivity index (χ4n) is 2.36. The van der Waals surface area contributed by atoms with Gasteiger partial charge in [0.25, 0.3) is 0 Å². The summed E-state index contributed by atoms with van der Waals surface area (Å²) in [6.07, 6.45) is 5.74. The van der Waals surface area contributed by atoms with Crippen molar-refractivity contribution >= 4 is 11.9 Å². The van der Waals surface area contributed by atoms with Crippen LogP contribution in [0.1, 0.15) is 41.7 Å². The second-order valence-corrected chi connectivity index (χ2v) is 4.90. The van der Waals surface area contributed by atoms with E-state index >= 15 is 0 Å². The van der Waals surface area contributed by atoms with Gasteiger partial charge in [-0.3, -0.25) is 9.48 Å². The normalized spacial score (nSPS) is 16.2. The van der Waals surface area contributed by atoms with Crippen LogP contribution in [0, 0.1) is 6.92 Å². The van der Waals surface area contributed by atoms with E-state index in [2.05, 4.69) is 5.10 Å². The topological polar surface area (TPSA) is 75.4 Å². The van der Waals surface area contributed by atoms with E-state index in [0.29, 0.717) is 5.69 Å². The maximum Gasteiger partial charge on any atom is 0.339 e. The van der Waals surface area contributed by atoms with E-state index in [9.17, 15) is 9.59 Å². The van der Waals surface area contributed by atoms with Crippen molar-refractivity contribution in [1.29, 1.82) is 0 Å². The second-order valence-electron chi connectivity index (χ2n) is 4.90. The molecule has 6 nitrogen and oxygen atoms in total. The number of rotatable bonds is 3. The number of carboxylic acids is 1. The Hall–Kier alpha value is -1.85. The molecule has 2 rings (SSSR count). The molecule has 1 saturated heterocycles. The third-order valence-corrected chi connectivity index (χ3v) is 3.58. The zero-order valence-electron chi connectivity index (χ0n) is 11.1. The van der Waals surface area contributed by atoms with Crippen LogP contribution < -0.4 is 0 Å². The van der Waals surface area contributed by atoms with Gasteiger partial charge in [0, 0.05) is 13.1 Å². The minimum absolute atomic E-state index is 0.0186. The van der Waals surface area contributed by atoms with Gasteiger partial charge < -0.3 is 10.0 Å². The Labute approximate surface area is 112 Å². The van der Waals surface area contributed by atoms with Crippen LogP contribution in [-0.2, 0) is 11.3 Å². The van der Waals surface area contributed by atoms with Crippen molar-refractivity contribution < 1.29 is 14.7 Å². The fraction of sp³-hybridized carbons (Fsp3) is 0.615. The van der Waals surface area contributed by atoms with E-state index in [4.69, 9.17) is 5.11 Å². The van der Waals surface area contributed by atoms with E-state index in [1.54, 1.807) is 6.92 Å². The number of carboxylic acid groups (broad SMARTS) is 1. The molecule has 1 fully saturated rings. The van der Waals surface area contributed by atoms with Gasteiger partial charge in [0.15, 0.2) is 0 Å². The number of nitrogens with zero attached hydrogens (tertiary/aromatic N) is 3. The Morgan fingerprint density at radius 2 is 1.89 bits per heavy atom. The maximum absolute atomic E-state index is 12.2. The molecule has 1 aliphatic heterocycles. The summed E-state index contributed by atoms with van der Waals surface area (Å²) in [5, 5.41) is 12.9. The molecule has 0 radical (unpaired) electrons. The number of hydrogen-bond acceptors (Lipinski definition) is 3. The van der Waals surface area contributed by atoms with Gasteiger partial charge in [-0.2, -0.15) is 5.10 Å².